The van der Waals surface area contributed by atoms with E-state index in [1.165, 1.54) is 23.6 Å². The van der Waals surface area contributed by atoms with Gasteiger partial charge in [0.05, 0.1) is 18.1 Å². The molecule has 7 heteroatoms. The average molecular weight is 378 g/mol. The third-order valence-corrected chi connectivity index (χ3v) is 7.85. The van der Waals surface area contributed by atoms with E-state index in [9.17, 15) is 13.2 Å². The Morgan fingerprint density at radius 3 is 2.62 bits per heavy atom. The summed E-state index contributed by atoms with van der Waals surface area (Å²) in [7, 11) is -3.58. The topological polar surface area (TPSA) is 66.9 Å². The minimum Gasteiger partial charge on any atom is -0.379 e. The van der Waals surface area contributed by atoms with E-state index in [2.05, 4.69) is 0 Å². The molecule has 142 valence electrons. The maximum absolute atomic E-state index is 13.1. The van der Waals surface area contributed by atoms with Gasteiger partial charge in [-0.25, -0.2) is 8.42 Å². The van der Waals surface area contributed by atoms with Crippen LogP contribution in [0.4, 0.5) is 0 Å². The summed E-state index contributed by atoms with van der Waals surface area (Å²) >= 11 is 0. The molecule has 2 atom stereocenters. The highest BCUT2D eigenvalue weighted by molar-refractivity contribution is 7.89. The summed E-state index contributed by atoms with van der Waals surface area (Å²) < 4.78 is 32.4. The molecule has 3 aliphatic rings. The van der Waals surface area contributed by atoms with Crippen molar-refractivity contribution < 1.29 is 17.9 Å². The van der Waals surface area contributed by atoms with Crippen molar-refractivity contribution in [2.75, 3.05) is 32.8 Å². The zero-order chi connectivity index (χ0) is 18.1. The van der Waals surface area contributed by atoms with Gasteiger partial charge in [0.2, 0.25) is 10.0 Å². The normalized spacial score (nSPS) is 27.3. The van der Waals surface area contributed by atoms with Crippen molar-refractivity contribution in [1.29, 1.82) is 0 Å². The summed E-state index contributed by atoms with van der Waals surface area (Å²) in [6, 6.07) is 6.86. The number of carbonyl (C=O) groups excluding carboxylic acids is 1. The number of carbonyl (C=O) groups is 1. The van der Waals surface area contributed by atoms with Crippen LogP contribution in [-0.2, 0) is 14.8 Å². The Morgan fingerprint density at radius 2 is 1.81 bits per heavy atom. The predicted molar refractivity (Wildman–Crippen MR) is 97.4 cm³/mol. The number of hydrogen-bond acceptors (Lipinski definition) is 4. The number of hydrogen-bond donors (Lipinski definition) is 0. The maximum Gasteiger partial charge on any atom is 0.254 e. The fourth-order valence-electron chi connectivity index (χ4n) is 4.55. The highest BCUT2D eigenvalue weighted by atomic mass is 32.2. The molecule has 0 aromatic heterocycles. The van der Waals surface area contributed by atoms with Crippen LogP contribution in [0.25, 0.3) is 0 Å². The summed E-state index contributed by atoms with van der Waals surface area (Å²) in [4.78, 5) is 15.2. The van der Waals surface area contributed by atoms with E-state index in [1.54, 1.807) is 24.3 Å². The van der Waals surface area contributed by atoms with Gasteiger partial charge in [0.1, 0.15) is 0 Å². The highest BCUT2D eigenvalue weighted by Crippen LogP contribution is 2.37. The first-order chi connectivity index (χ1) is 12.6. The lowest BCUT2D eigenvalue weighted by atomic mass is 9.85. The number of amides is 1. The summed E-state index contributed by atoms with van der Waals surface area (Å²) in [5.74, 6) is 0.589. The molecule has 2 saturated heterocycles. The van der Waals surface area contributed by atoms with E-state index in [1.807, 2.05) is 4.90 Å². The van der Waals surface area contributed by atoms with Crippen molar-refractivity contribution in [3.63, 3.8) is 0 Å². The van der Waals surface area contributed by atoms with Crippen LogP contribution < -0.4 is 0 Å². The number of rotatable bonds is 3. The minimum atomic E-state index is -3.58. The standard InChI is InChI=1S/C19H26N2O4S/c22-19(21-9-8-15-4-1-2-7-18(15)21)16-5-3-6-17(14-16)26(23,24)20-10-12-25-13-11-20/h3,5-6,14-15,18H,1-2,4,7-13H2. The third kappa shape index (κ3) is 3.28. The molecule has 1 saturated carbocycles. The van der Waals surface area contributed by atoms with Gasteiger partial charge in [0.25, 0.3) is 5.91 Å². The smallest absolute Gasteiger partial charge is 0.254 e. The average Bonchev–Trinajstić information content (AvgIpc) is 3.12. The highest BCUT2D eigenvalue weighted by Gasteiger charge is 2.38. The first-order valence-electron chi connectivity index (χ1n) is 9.56. The Bertz CT molecular complexity index is 773. The van der Waals surface area contributed by atoms with Gasteiger partial charge in [-0.3, -0.25) is 4.79 Å². The van der Waals surface area contributed by atoms with Crippen LogP contribution in [0.15, 0.2) is 29.2 Å². The van der Waals surface area contributed by atoms with Gasteiger partial charge in [-0.15, -0.1) is 0 Å². The van der Waals surface area contributed by atoms with Crippen LogP contribution in [0.5, 0.6) is 0 Å². The van der Waals surface area contributed by atoms with Gasteiger partial charge in [0.15, 0.2) is 0 Å². The fourth-order valence-corrected chi connectivity index (χ4v) is 6.00. The van der Waals surface area contributed by atoms with Gasteiger partial charge >= 0.3 is 0 Å². The second-order valence-electron chi connectivity index (χ2n) is 7.44. The summed E-state index contributed by atoms with van der Waals surface area (Å²) in [6.07, 6.45) is 5.79. The summed E-state index contributed by atoms with van der Waals surface area (Å²) in [6.45, 7) is 2.32. The molecule has 0 N–H and O–H groups in total. The molecule has 0 bridgehead atoms. The molecule has 1 aliphatic carbocycles. The van der Waals surface area contributed by atoms with Gasteiger partial charge < -0.3 is 9.64 Å². The van der Waals surface area contributed by atoms with Crippen LogP contribution in [0.3, 0.4) is 0 Å². The first-order valence-corrected chi connectivity index (χ1v) is 11.0. The molecule has 26 heavy (non-hydrogen) atoms. The van der Waals surface area contributed by atoms with Crippen molar-refractivity contribution in [2.24, 2.45) is 5.92 Å². The van der Waals surface area contributed by atoms with Gasteiger partial charge in [0, 0.05) is 31.2 Å². The van der Waals surface area contributed by atoms with Gasteiger partial charge in [-0.2, -0.15) is 4.31 Å². The molecule has 3 fully saturated rings. The molecule has 6 nitrogen and oxygen atoms in total. The SMILES string of the molecule is O=C(c1cccc(S(=O)(=O)N2CCOCC2)c1)N1CCC2CCCCC21. The molecule has 0 spiro atoms. The Hall–Kier alpha value is -1.44. The molecule has 0 radical (unpaired) electrons. The third-order valence-electron chi connectivity index (χ3n) is 5.96. The second-order valence-corrected chi connectivity index (χ2v) is 9.38. The number of morpholine rings is 1. The van der Waals surface area contributed by atoms with E-state index >= 15 is 0 Å². The fraction of sp³-hybridized carbons (Fsp3) is 0.632. The zero-order valence-corrected chi connectivity index (χ0v) is 15.8. The molecular weight excluding hydrogens is 352 g/mol. The van der Waals surface area contributed by atoms with Crippen molar-refractivity contribution in [3.05, 3.63) is 29.8 Å². The monoisotopic (exact) mass is 378 g/mol. The van der Waals surface area contributed by atoms with Crippen LogP contribution in [-0.4, -0.2) is 62.4 Å². The summed E-state index contributed by atoms with van der Waals surface area (Å²) in [5, 5.41) is 0. The van der Waals surface area contributed by atoms with Crippen LogP contribution in [0.2, 0.25) is 0 Å². The van der Waals surface area contributed by atoms with E-state index in [0.717, 1.165) is 19.4 Å². The van der Waals surface area contributed by atoms with E-state index in [0.29, 0.717) is 43.8 Å². The number of ether oxygens (including phenoxy) is 1. The number of benzene rings is 1. The van der Waals surface area contributed by atoms with Crippen molar-refractivity contribution in [3.8, 4) is 0 Å². The lowest BCUT2D eigenvalue weighted by Crippen LogP contribution is -2.41. The first kappa shape index (κ1) is 17.9. The number of likely N-dealkylation sites (tertiary alicyclic amines) is 1. The molecule has 1 amide bonds. The Kier molecular flexibility index (Phi) is 5.03. The molecule has 2 aliphatic heterocycles. The van der Waals surface area contributed by atoms with Crippen molar-refractivity contribution >= 4 is 15.9 Å². The Balaban J connectivity index is 1.56. The quantitative estimate of drug-likeness (QED) is 0.808. The van der Waals surface area contributed by atoms with Crippen LogP contribution in [0.1, 0.15) is 42.5 Å². The Morgan fingerprint density at radius 1 is 1.04 bits per heavy atom. The van der Waals surface area contributed by atoms with Gasteiger partial charge in [-0.05, 0) is 43.4 Å². The maximum atomic E-state index is 13.1. The summed E-state index contributed by atoms with van der Waals surface area (Å²) in [5.41, 5.74) is 0.477. The molecule has 1 aromatic carbocycles. The lowest BCUT2D eigenvalue weighted by molar-refractivity contribution is 0.0689. The second kappa shape index (κ2) is 7.29. The largest absolute Gasteiger partial charge is 0.379 e. The van der Waals surface area contributed by atoms with E-state index in [-0.39, 0.29) is 10.8 Å². The number of fused-ring (bicyclic) bond motifs is 1. The van der Waals surface area contributed by atoms with Crippen molar-refractivity contribution in [1.82, 2.24) is 9.21 Å². The number of sulfonamides is 1. The van der Waals surface area contributed by atoms with Crippen LogP contribution >= 0.6 is 0 Å². The van der Waals surface area contributed by atoms with Gasteiger partial charge in [-0.1, -0.05) is 18.9 Å². The molecule has 4 rings (SSSR count). The minimum absolute atomic E-state index is 0.0292. The Labute approximate surface area is 155 Å². The lowest BCUT2D eigenvalue weighted by Gasteiger charge is -2.32. The molecule has 1 aromatic rings. The number of nitrogens with zero attached hydrogens (tertiary/aromatic N) is 2. The molecular formula is C19H26N2O4S. The van der Waals surface area contributed by atoms with E-state index < -0.39 is 10.0 Å². The molecule has 2 unspecified atom stereocenters. The molecule has 2 heterocycles. The zero-order valence-electron chi connectivity index (χ0n) is 15.0. The van der Waals surface area contributed by atoms with Crippen molar-refractivity contribution in [2.45, 2.75) is 43.0 Å². The predicted octanol–water partition coefficient (Wildman–Crippen LogP) is 2.11. The van der Waals surface area contributed by atoms with Crippen LogP contribution in [0, 0.1) is 5.92 Å². The van der Waals surface area contributed by atoms with E-state index in [4.69, 9.17) is 4.74 Å².